The van der Waals surface area contributed by atoms with Crippen molar-refractivity contribution in [1.82, 2.24) is 10.3 Å². The summed E-state index contributed by atoms with van der Waals surface area (Å²) in [5.41, 5.74) is 1.11. The summed E-state index contributed by atoms with van der Waals surface area (Å²) < 4.78 is 0.985. The second-order valence-electron chi connectivity index (χ2n) is 4.21. The number of aromatic nitrogens is 1. The van der Waals surface area contributed by atoms with E-state index in [9.17, 15) is 4.79 Å². The van der Waals surface area contributed by atoms with Crippen molar-refractivity contribution in [2.24, 2.45) is 0 Å². The first-order chi connectivity index (χ1) is 9.47. The summed E-state index contributed by atoms with van der Waals surface area (Å²) >= 11 is 15.1. The molecule has 1 aromatic carbocycles. The van der Waals surface area contributed by atoms with E-state index in [0.29, 0.717) is 0 Å². The van der Waals surface area contributed by atoms with Crippen molar-refractivity contribution in [3.05, 3.63) is 62.3 Å². The molecule has 2 aromatic rings. The molecule has 2 rings (SSSR count). The Morgan fingerprint density at radius 2 is 1.85 bits per heavy atom. The standard InChI is InChI=1S/C14H11BrCl2N2O/c1-8(9-2-4-10(15)5-3-9)18-14(20)13-11(16)6-7-12(17)19-13/h2-8H,1H3,(H,18,20)/t8-/m1/s1. The number of hydrogen-bond acceptors (Lipinski definition) is 2. The number of amides is 1. The largest absolute Gasteiger partial charge is 0.344 e. The van der Waals surface area contributed by atoms with E-state index in [0.717, 1.165) is 10.0 Å². The monoisotopic (exact) mass is 372 g/mol. The maximum absolute atomic E-state index is 12.1. The molecule has 0 saturated carbocycles. The Balaban J connectivity index is 2.15. The number of nitrogens with one attached hydrogen (secondary N) is 1. The zero-order valence-corrected chi connectivity index (χ0v) is 13.6. The third-order valence-electron chi connectivity index (χ3n) is 2.74. The van der Waals surface area contributed by atoms with Crippen LogP contribution in [0.1, 0.15) is 29.0 Å². The Morgan fingerprint density at radius 3 is 2.50 bits per heavy atom. The molecule has 1 amide bonds. The van der Waals surface area contributed by atoms with Crippen LogP contribution in [0.5, 0.6) is 0 Å². The Bertz CT molecular complexity index is 632. The van der Waals surface area contributed by atoms with Crippen LogP contribution in [0.15, 0.2) is 40.9 Å². The highest BCUT2D eigenvalue weighted by Crippen LogP contribution is 2.20. The minimum atomic E-state index is -0.354. The molecule has 0 spiro atoms. The van der Waals surface area contributed by atoms with Gasteiger partial charge in [-0.25, -0.2) is 4.98 Å². The third kappa shape index (κ3) is 3.72. The summed E-state index contributed by atoms with van der Waals surface area (Å²) in [6.07, 6.45) is 0. The van der Waals surface area contributed by atoms with Gasteiger partial charge < -0.3 is 5.32 Å². The van der Waals surface area contributed by atoms with Gasteiger partial charge in [-0.2, -0.15) is 0 Å². The molecule has 0 aliphatic rings. The van der Waals surface area contributed by atoms with Crippen molar-refractivity contribution >= 4 is 45.0 Å². The Morgan fingerprint density at radius 1 is 1.20 bits per heavy atom. The van der Waals surface area contributed by atoms with Crippen molar-refractivity contribution in [2.45, 2.75) is 13.0 Å². The minimum absolute atomic E-state index is 0.128. The van der Waals surface area contributed by atoms with Gasteiger partial charge in [0.15, 0.2) is 0 Å². The highest BCUT2D eigenvalue weighted by Gasteiger charge is 2.16. The van der Waals surface area contributed by atoms with Crippen LogP contribution in [-0.2, 0) is 0 Å². The van der Waals surface area contributed by atoms with Crippen molar-refractivity contribution in [3.63, 3.8) is 0 Å². The number of benzene rings is 1. The predicted molar refractivity (Wildman–Crippen MR) is 84.3 cm³/mol. The molecule has 3 nitrogen and oxygen atoms in total. The number of carbonyl (C=O) groups excluding carboxylic acids is 1. The van der Waals surface area contributed by atoms with Gasteiger partial charge in [0, 0.05) is 4.47 Å². The van der Waals surface area contributed by atoms with Crippen molar-refractivity contribution in [1.29, 1.82) is 0 Å². The Labute approximate surface area is 135 Å². The van der Waals surface area contributed by atoms with Crippen molar-refractivity contribution in [3.8, 4) is 0 Å². The average molecular weight is 374 g/mol. The third-order valence-corrected chi connectivity index (χ3v) is 3.79. The van der Waals surface area contributed by atoms with E-state index in [1.165, 1.54) is 0 Å². The number of pyridine rings is 1. The summed E-state index contributed by atoms with van der Waals surface area (Å²) in [6, 6.07) is 10.6. The Kier molecular flexibility index (Phi) is 5.02. The summed E-state index contributed by atoms with van der Waals surface area (Å²) in [4.78, 5) is 16.1. The van der Waals surface area contributed by atoms with E-state index in [1.807, 2.05) is 31.2 Å². The number of nitrogens with zero attached hydrogens (tertiary/aromatic N) is 1. The molecule has 0 aliphatic heterocycles. The molecular formula is C14H11BrCl2N2O. The highest BCUT2D eigenvalue weighted by atomic mass is 79.9. The molecule has 1 atom stereocenters. The van der Waals surface area contributed by atoms with E-state index in [1.54, 1.807) is 12.1 Å². The molecular weight excluding hydrogens is 363 g/mol. The SMILES string of the molecule is C[C@@H](NC(=O)c1nc(Cl)ccc1Cl)c1ccc(Br)cc1. The number of halogens is 3. The van der Waals surface area contributed by atoms with Gasteiger partial charge >= 0.3 is 0 Å². The molecule has 0 saturated heterocycles. The van der Waals surface area contributed by atoms with Crippen LogP contribution >= 0.6 is 39.1 Å². The lowest BCUT2D eigenvalue weighted by atomic mass is 10.1. The zero-order valence-electron chi connectivity index (χ0n) is 10.5. The van der Waals surface area contributed by atoms with Gasteiger partial charge in [0.2, 0.25) is 0 Å². The van der Waals surface area contributed by atoms with Gasteiger partial charge in [-0.15, -0.1) is 0 Å². The second kappa shape index (κ2) is 6.57. The predicted octanol–water partition coefficient (Wildman–Crippen LogP) is 4.64. The molecule has 0 aliphatic carbocycles. The molecule has 1 heterocycles. The van der Waals surface area contributed by atoms with E-state index in [4.69, 9.17) is 23.2 Å². The second-order valence-corrected chi connectivity index (χ2v) is 5.92. The molecule has 0 bridgehead atoms. The van der Waals surface area contributed by atoms with Gasteiger partial charge in [0.05, 0.1) is 11.1 Å². The lowest BCUT2D eigenvalue weighted by molar-refractivity contribution is 0.0935. The lowest BCUT2D eigenvalue weighted by Gasteiger charge is -2.14. The fourth-order valence-electron chi connectivity index (χ4n) is 1.68. The fraction of sp³-hybridized carbons (Fsp3) is 0.143. The maximum atomic E-state index is 12.1. The minimum Gasteiger partial charge on any atom is -0.344 e. The molecule has 20 heavy (non-hydrogen) atoms. The summed E-state index contributed by atoms with van der Waals surface area (Å²) in [7, 11) is 0. The maximum Gasteiger partial charge on any atom is 0.271 e. The van der Waals surface area contributed by atoms with Crippen LogP contribution in [0, 0.1) is 0 Å². The van der Waals surface area contributed by atoms with E-state index in [2.05, 4.69) is 26.2 Å². The molecule has 1 aromatic heterocycles. The number of carbonyl (C=O) groups is 1. The normalized spacial score (nSPS) is 12.0. The van der Waals surface area contributed by atoms with Crippen molar-refractivity contribution in [2.75, 3.05) is 0 Å². The number of hydrogen-bond donors (Lipinski definition) is 1. The first-order valence-electron chi connectivity index (χ1n) is 5.86. The molecule has 104 valence electrons. The van der Waals surface area contributed by atoms with Crippen molar-refractivity contribution < 1.29 is 4.79 Å². The van der Waals surface area contributed by atoms with Crippen LogP contribution < -0.4 is 5.32 Å². The van der Waals surface area contributed by atoms with E-state index >= 15 is 0 Å². The van der Waals surface area contributed by atoms with Gasteiger partial charge in [0.1, 0.15) is 10.8 Å². The molecule has 6 heteroatoms. The molecule has 0 radical (unpaired) electrons. The van der Waals surface area contributed by atoms with Crippen LogP contribution in [0.3, 0.4) is 0 Å². The Hall–Kier alpha value is -1.10. The van der Waals surface area contributed by atoms with E-state index < -0.39 is 0 Å². The van der Waals surface area contributed by atoms with Gasteiger partial charge in [-0.05, 0) is 36.8 Å². The van der Waals surface area contributed by atoms with Gasteiger partial charge in [0.25, 0.3) is 5.91 Å². The molecule has 0 unspecified atom stereocenters. The summed E-state index contributed by atoms with van der Waals surface area (Å²) in [6.45, 7) is 1.89. The molecule has 0 fully saturated rings. The molecule has 1 N–H and O–H groups in total. The number of rotatable bonds is 3. The van der Waals surface area contributed by atoms with Crippen LogP contribution in [-0.4, -0.2) is 10.9 Å². The van der Waals surface area contributed by atoms with Crippen LogP contribution in [0.4, 0.5) is 0 Å². The average Bonchev–Trinajstić information content (AvgIpc) is 2.42. The smallest absolute Gasteiger partial charge is 0.271 e. The van der Waals surface area contributed by atoms with Crippen LogP contribution in [0.2, 0.25) is 10.2 Å². The van der Waals surface area contributed by atoms with E-state index in [-0.39, 0.29) is 27.8 Å². The lowest BCUT2D eigenvalue weighted by Crippen LogP contribution is -2.27. The zero-order chi connectivity index (χ0) is 14.7. The van der Waals surface area contributed by atoms with Crippen LogP contribution in [0.25, 0.3) is 0 Å². The highest BCUT2D eigenvalue weighted by molar-refractivity contribution is 9.10. The topological polar surface area (TPSA) is 42.0 Å². The first kappa shape index (κ1) is 15.3. The quantitative estimate of drug-likeness (QED) is 0.796. The summed E-state index contributed by atoms with van der Waals surface area (Å²) in [5, 5.41) is 3.35. The fourth-order valence-corrected chi connectivity index (χ4v) is 2.28. The summed E-state index contributed by atoms with van der Waals surface area (Å²) in [5.74, 6) is -0.354. The van der Waals surface area contributed by atoms with Gasteiger partial charge in [-0.3, -0.25) is 4.79 Å². The van der Waals surface area contributed by atoms with Gasteiger partial charge in [-0.1, -0.05) is 51.3 Å². The first-order valence-corrected chi connectivity index (χ1v) is 7.40.